The first-order chi connectivity index (χ1) is 13.3. The minimum atomic E-state index is 0.0616. The van der Waals surface area contributed by atoms with Gasteiger partial charge in [-0.05, 0) is 25.2 Å². The third-order valence-electron chi connectivity index (χ3n) is 6.56. The molecule has 0 bridgehead atoms. The van der Waals surface area contributed by atoms with E-state index in [0.717, 1.165) is 44.8 Å². The number of carbonyl (C=O) groups excluding carboxylic acids is 1. The predicted octanol–water partition coefficient (Wildman–Crippen LogP) is 2.90. The van der Waals surface area contributed by atoms with E-state index < -0.39 is 0 Å². The molecular weight excluding hydrogens is 358 g/mol. The summed E-state index contributed by atoms with van der Waals surface area (Å²) < 4.78 is 1.87. The fourth-order valence-corrected chi connectivity index (χ4v) is 5.77. The number of nitrogens with zero attached hydrogens (tertiary/aromatic N) is 5. The second-order valence-electron chi connectivity index (χ2n) is 8.33. The highest BCUT2D eigenvalue weighted by atomic mass is 32.2. The van der Waals surface area contributed by atoms with Gasteiger partial charge < -0.3 is 4.90 Å². The van der Waals surface area contributed by atoms with Crippen LogP contribution in [0.3, 0.4) is 0 Å². The Bertz CT molecular complexity index is 601. The van der Waals surface area contributed by atoms with Crippen molar-refractivity contribution in [1.82, 2.24) is 24.8 Å². The van der Waals surface area contributed by atoms with Gasteiger partial charge in [-0.25, -0.2) is 0 Å². The van der Waals surface area contributed by atoms with E-state index in [2.05, 4.69) is 27.0 Å². The minimum Gasteiger partial charge on any atom is -0.337 e. The molecule has 4 rings (SSSR count). The zero-order valence-corrected chi connectivity index (χ0v) is 17.2. The molecule has 0 aromatic carbocycles. The highest BCUT2D eigenvalue weighted by Crippen LogP contribution is 2.26. The van der Waals surface area contributed by atoms with Crippen molar-refractivity contribution in [1.29, 1.82) is 0 Å². The van der Waals surface area contributed by atoms with E-state index in [1.165, 1.54) is 56.7 Å². The van der Waals surface area contributed by atoms with Gasteiger partial charge in [-0.2, -0.15) is 11.8 Å². The molecule has 150 valence electrons. The molecule has 0 atom stereocenters. The molecule has 1 saturated carbocycles. The average molecular weight is 392 g/mol. The van der Waals surface area contributed by atoms with E-state index in [1.54, 1.807) is 0 Å². The van der Waals surface area contributed by atoms with Gasteiger partial charge in [0.25, 0.3) is 5.91 Å². The summed E-state index contributed by atoms with van der Waals surface area (Å²) in [5, 5.41) is 8.39. The van der Waals surface area contributed by atoms with Gasteiger partial charge in [0.15, 0.2) is 5.69 Å². The lowest BCUT2D eigenvalue weighted by Gasteiger charge is -2.39. The number of carbonyl (C=O) groups is 1. The largest absolute Gasteiger partial charge is 0.337 e. The Hall–Kier alpha value is -1.08. The number of hydrogen-bond acceptors (Lipinski definition) is 5. The summed E-state index contributed by atoms with van der Waals surface area (Å²) in [6.45, 7) is 5.00. The monoisotopic (exact) mass is 391 g/mol. The zero-order chi connectivity index (χ0) is 18.5. The second kappa shape index (κ2) is 9.41. The molecule has 0 radical (unpaired) electrons. The maximum Gasteiger partial charge on any atom is 0.276 e. The molecule has 3 aliphatic rings. The number of thioether (sulfide) groups is 1. The fourth-order valence-electron chi connectivity index (χ4n) is 4.84. The summed E-state index contributed by atoms with van der Waals surface area (Å²) in [7, 11) is 0. The van der Waals surface area contributed by atoms with Crippen LogP contribution in [0.15, 0.2) is 6.20 Å². The summed E-state index contributed by atoms with van der Waals surface area (Å²) in [4.78, 5) is 17.4. The number of amides is 1. The Morgan fingerprint density at radius 2 is 1.78 bits per heavy atom. The van der Waals surface area contributed by atoms with Crippen LogP contribution in [0.4, 0.5) is 0 Å². The first-order valence-electron chi connectivity index (χ1n) is 10.8. The number of aryl methyl sites for hydroxylation is 1. The Kier molecular flexibility index (Phi) is 6.71. The third kappa shape index (κ3) is 5.05. The van der Waals surface area contributed by atoms with E-state index in [1.807, 2.05) is 15.8 Å². The molecule has 1 aliphatic carbocycles. The molecule has 1 aromatic rings. The Morgan fingerprint density at radius 1 is 1.04 bits per heavy atom. The van der Waals surface area contributed by atoms with Gasteiger partial charge >= 0.3 is 0 Å². The number of piperidine rings is 1. The smallest absolute Gasteiger partial charge is 0.276 e. The van der Waals surface area contributed by atoms with Crippen molar-refractivity contribution in [3.63, 3.8) is 0 Å². The van der Waals surface area contributed by atoms with Crippen molar-refractivity contribution in [3.8, 4) is 0 Å². The van der Waals surface area contributed by atoms with Crippen LogP contribution in [0.25, 0.3) is 0 Å². The Morgan fingerprint density at radius 3 is 2.52 bits per heavy atom. The van der Waals surface area contributed by atoms with Crippen molar-refractivity contribution in [2.24, 2.45) is 5.92 Å². The van der Waals surface area contributed by atoms with E-state index in [0.29, 0.717) is 11.7 Å². The van der Waals surface area contributed by atoms with Crippen LogP contribution in [0.5, 0.6) is 0 Å². The standard InChI is InChI=1S/C20H33N5OS/c26-20(24-9-7-18(8-10-24)23-12-14-27-15-13-23)19-16-25(22-21-19)11-6-17-4-2-1-3-5-17/h16-18H,1-15H2. The van der Waals surface area contributed by atoms with E-state index in [-0.39, 0.29) is 5.91 Å². The van der Waals surface area contributed by atoms with Gasteiger partial charge in [0.2, 0.25) is 0 Å². The van der Waals surface area contributed by atoms with E-state index in [9.17, 15) is 4.79 Å². The van der Waals surface area contributed by atoms with E-state index >= 15 is 0 Å². The van der Waals surface area contributed by atoms with Crippen molar-refractivity contribution in [3.05, 3.63) is 11.9 Å². The maximum absolute atomic E-state index is 12.8. The van der Waals surface area contributed by atoms with Crippen LogP contribution in [0.1, 0.15) is 61.9 Å². The van der Waals surface area contributed by atoms with Crippen LogP contribution >= 0.6 is 11.8 Å². The van der Waals surface area contributed by atoms with Gasteiger partial charge in [0.1, 0.15) is 0 Å². The van der Waals surface area contributed by atoms with Crippen LogP contribution in [-0.2, 0) is 6.54 Å². The first kappa shape index (κ1) is 19.2. The fraction of sp³-hybridized carbons (Fsp3) is 0.850. The van der Waals surface area contributed by atoms with Crippen molar-refractivity contribution >= 4 is 17.7 Å². The van der Waals surface area contributed by atoms with E-state index in [4.69, 9.17) is 0 Å². The Labute approximate surface area is 167 Å². The minimum absolute atomic E-state index is 0.0616. The van der Waals surface area contributed by atoms with Gasteiger partial charge in [-0.1, -0.05) is 37.3 Å². The molecular formula is C20H33N5OS. The summed E-state index contributed by atoms with van der Waals surface area (Å²) in [5.74, 6) is 3.40. The first-order valence-corrected chi connectivity index (χ1v) is 12.0. The van der Waals surface area contributed by atoms with Crippen LogP contribution in [0, 0.1) is 5.92 Å². The molecule has 7 heteroatoms. The molecule has 3 fully saturated rings. The van der Waals surface area contributed by atoms with Gasteiger partial charge in [0.05, 0.1) is 6.20 Å². The highest BCUT2D eigenvalue weighted by Gasteiger charge is 2.29. The lowest BCUT2D eigenvalue weighted by atomic mass is 9.87. The van der Waals surface area contributed by atoms with Crippen LogP contribution in [-0.4, -0.2) is 74.4 Å². The van der Waals surface area contributed by atoms with Crippen molar-refractivity contribution in [2.75, 3.05) is 37.7 Å². The molecule has 1 amide bonds. The predicted molar refractivity (Wildman–Crippen MR) is 109 cm³/mol. The molecule has 2 aliphatic heterocycles. The topological polar surface area (TPSA) is 54.3 Å². The molecule has 1 aromatic heterocycles. The quantitative estimate of drug-likeness (QED) is 0.772. The van der Waals surface area contributed by atoms with Crippen LogP contribution < -0.4 is 0 Å². The number of rotatable bonds is 5. The van der Waals surface area contributed by atoms with Crippen molar-refractivity contribution in [2.45, 2.75) is 64.0 Å². The highest BCUT2D eigenvalue weighted by molar-refractivity contribution is 7.99. The lowest BCUT2D eigenvalue weighted by molar-refractivity contribution is 0.0625. The van der Waals surface area contributed by atoms with Gasteiger partial charge in [-0.3, -0.25) is 14.4 Å². The number of likely N-dealkylation sites (tertiary alicyclic amines) is 1. The van der Waals surface area contributed by atoms with Crippen LogP contribution in [0.2, 0.25) is 0 Å². The summed E-state index contributed by atoms with van der Waals surface area (Å²) in [6.07, 6.45) is 12.0. The molecule has 2 saturated heterocycles. The lowest BCUT2D eigenvalue weighted by Crippen LogP contribution is -2.49. The van der Waals surface area contributed by atoms with Gasteiger partial charge in [0, 0.05) is 50.3 Å². The molecule has 0 N–H and O–H groups in total. The SMILES string of the molecule is O=C(c1cn(CCC2CCCCC2)nn1)N1CCC(N2CCSCC2)CC1. The molecule has 0 unspecified atom stereocenters. The molecule has 27 heavy (non-hydrogen) atoms. The Balaban J connectivity index is 1.24. The second-order valence-corrected chi connectivity index (χ2v) is 9.56. The third-order valence-corrected chi connectivity index (χ3v) is 7.51. The summed E-state index contributed by atoms with van der Waals surface area (Å²) in [6, 6.07) is 0.654. The molecule has 3 heterocycles. The maximum atomic E-state index is 12.8. The molecule has 6 nitrogen and oxygen atoms in total. The normalized spacial score (nSPS) is 23.6. The number of aromatic nitrogens is 3. The average Bonchev–Trinajstić information content (AvgIpc) is 3.22. The zero-order valence-electron chi connectivity index (χ0n) is 16.4. The van der Waals surface area contributed by atoms with Crippen molar-refractivity contribution < 1.29 is 4.79 Å². The van der Waals surface area contributed by atoms with Gasteiger partial charge in [-0.15, -0.1) is 5.10 Å². The number of hydrogen-bond donors (Lipinski definition) is 0. The summed E-state index contributed by atoms with van der Waals surface area (Å²) in [5.41, 5.74) is 0.520. The molecule has 0 spiro atoms. The summed E-state index contributed by atoms with van der Waals surface area (Å²) >= 11 is 2.06.